The zero-order valence-electron chi connectivity index (χ0n) is 9.26. The minimum atomic E-state index is -0.541. The molecule has 0 amide bonds. The molecule has 1 saturated carbocycles. The smallest absolute Gasteiger partial charge is 0.126 e. The molecule has 0 unspecified atom stereocenters. The monoisotopic (exact) mass is 225 g/mol. The number of rotatable bonds is 2. The first-order chi connectivity index (χ1) is 7.66. The lowest BCUT2D eigenvalue weighted by Crippen LogP contribution is -2.23. The molecule has 2 N–H and O–H groups in total. The lowest BCUT2D eigenvalue weighted by Gasteiger charge is -2.27. The molecule has 0 aromatic heterocycles. The second-order valence-electron chi connectivity index (χ2n) is 4.63. The second kappa shape index (κ2) is 4.91. The molecule has 1 fully saturated rings. The van der Waals surface area contributed by atoms with Crippen LogP contribution in [0.2, 0.25) is 0 Å². The van der Waals surface area contributed by atoms with Crippen molar-refractivity contribution in [3.63, 3.8) is 0 Å². The Balaban J connectivity index is 2.15. The summed E-state index contributed by atoms with van der Waals surface area (Å²) < 4.78 is 26.1. The van der Waals surface area contributed by atoms with Gasteiger partial charge < -0.3 is 5.73 Å². The van der Waals surface area contributed by atoms with Crippen molar-refractivity contribution in [1.29, 1.82) is 0 Å². The third-order valence-electron chi connectivity index (χ3n) is 3.43. The van der Waals surface area contributed by atoms with Gasteiger partial charge in [0, 0.05) is 12.1 Å². The predicted octanol–water partition coefficient (Wildman–Crippen LogP) is 3.54. The van der Waals surface area contributed by atoms with Gasteiger partial charge in [-0.25, -0.2) is 8.78 Å². The van der Waals surface area contributed by atoms with E-state index < -0.39 is 11.6 Å². The number of nitrogens with two attached hydrogens (primary N) is 1. The van der Waals surface area contributed by atoms with Crippen molar-refractivity contribution in [2.45, 2.75) is 38.1 Å². The summed E-state index contributed by atoms with van der Waals surface area (Å²) in [5.74, 6) is -0.711. The Morgan fingerprint density at radius 2 is 1.56 bits per heavy atom. The highest BCUT2D eigenvalue weighted by atomic mass is 19.1. The number of hydrogen-bond donors (Lipinski definition) is 1. The van der Waals surface area contributed by atoms with E-state index in [0.717, 1.165) is 18.9 Å². The van der Waals surface area contributed by atoms with Crippen LogP contribution in [-0.4, -0.2) is 0 Å². The highest BCUT2D eigenvalue weighted by molar-refractivity contribution is 5.21. The summed E-state index contributed by atoms with van der Waals surface area (Å²) in [5, 5.41) is 0. The predicted molar refractivity (Wildman–Crippen MR) is 59.9 cm³/mol. The summed E-state index contributed by atoms with van der Waals surface area (Å²) in [6.07, 6.45) is 5.74. The van der Waals surface area contributed by atoms with Crippen molar-refractivity contribution in [2.75, 3.05) is 0 Å². The van der Waals surface area contributed by atoms with Crippen LogP contribution >= 0.6 is 0 Å². The number of halogens is 2. The maximum absolute atomic E-state index is 13.1. The number of hydrogen-bond acceptors (Lipinski definition) is 1. The Labute approximate surface area is 94.7 Å². The van der Waals surface area contributed by atoms with Gasteiger partial charge in [-0.3, -0.25) is 0 Å². The zero-order valence-corrected chi connectivity index (χ0v) is 9.26. The Kier molecular flexibility index (Phi) is 3.54. The summed E-state index contributed by atoms with van der Waals surface area (Å²) in [6.45, 7) is 0. The molecule has 0 bridgehead atoms. The van der Waals surface area contributed by atoms with Crippen LogP contribution < -0.4 is 5.73 Å². The van der Waals surface area contributed by atoms with Crippen LogP contribution in [0.5, 0.6) is 0 Å². The minimum absolute atomic E-state index is 0.231. The van der Waals surface area contributed by atoms with E-state index in [1.807, 2.05) is 0 Å². The molecule has 1 nitrogen and oxygen atoms in total. The molecule has 1 aliphatic carbocycles. The summed E-state index contributed by atoms with van der Waals surface area (Å²) in [5.41, 5.74) is 6.66. The van der Waals surface area contributed by atoms with E-state index in [9.17, 15) is 8.78 Å². The first-order valence-corrected chi connectivity index (χ1v) is 5.88. The molecule has 16 heavy (non-hydrogen) atoms. The van der Waals surface area contributed by atoms with E-state index in [0.29, 0.717) is 11.5 Å². The van der Waals surface area contributed by atoms with E-state index in [-0.39, 0.29) is 6.04 Å². The summed E-state index contributed by atoms with van der Waals surface area (Å²) in [6, 6.07) is 3.35. The second-order valence-corrected chi connectivity index (χ2v) is 4.63. The molecule has 0 saturated heterocycles. The van der Waals surface area contributed by atoms with Crippen LogP contribution in [0.15, 0.2) is 18.2 Å². The SMILES string of the molecule is N[C@H](c1cc(F)cc(F)c1)C1CCCCC1. The van der Waals surface area contributed by atoms with Crippen LogP contribution in [0.3, 0.4) is 0 Å². The van der Waals surface area contributed by atoms with Crippen molar-refractivity contribution in [3.05, 3.63) is 35.4 Å². The Morgan fingerprint density at radius 1 is 1.00 bits per heavy atom. The average Bonchev–Trinajstić information content (AvgIpc) is 2.28. The van der Waals surface area contributed by atoms with Gasteiger partial charge in [0.2, 0.25) is 0 Å². The van der Waals surface area contributed by atoms with Gasteiger partial charge in [-0.05, 0) is 36.5 Å². The lowest BCUT2D eigenvalue weighted by molar-refractivity contribution is 0.307. The molecule has 2 rings (SSSR count). The normalized spacial score (nSPS) is 19.7. The van der Waals surface area contributed by atoms with Gasteiger partial charge in [0.15, 0.2) is 0 Å². The fraction of sp³-hybridized carbons (Fsp3) is 0.538. The molecule has 1 aromatic carbocycles. The van der Waals surface area contributed by atoms with E-state index in [1.54, 1.807) is 0 Å². The van der Waals surface area contributed by atoms with Gasteiger partial charge >= 0.3 is 0 Å². The number of benzene rings is 1. The van der Waals surface area contributed by atoms with Crippen molar-refractivity contribution in [3.8, 4) is 0 Å². The molecule has 0 aliphatic heterocycles. The molecule has 1 atom stereocenters. The molecule has 88 valence electrons. The van der Waals surface area contributed by atoms with Crippen molar-refractivity contribution in [1.82, 2.24) is 0 Å². The maximum Gasteiger partial charge on any atom is 0.126 e. The first kappa shape index (κ1) is 11.5. The third-order valence-corrected chi connectivity index (χ3v) is 3.43. The fourth-order valence-corrected chi connectivity index (χ4v) is 2.53. The molecule has 3 heteroatoms. The quantitative estimate of drug-likeness (QED) is 0.818. The minimum Gasteiger partial charge on any atom is -0.324 e. The van der Waals surface area contributed by atoms with Gasteiger partial charge in [-0.1, -0.05) is 19.3 Å². The Morgan fingerprint density at radius 3 is 2.12 bits per heavy atom. The Bertz CT molecular complexity index is 339. The van der Waals surface area contributed by atoms with Crippen LogP contribution in [-0.2, 0) is 0 Å². The van der Waals surface area contributed by atoms with Gasteiger partial charge in [-0.15, -0.1) is 0 Å². The van der Waals surface area contributed by atoms with Crippen LogP contribution in [0.25, 0.3) is 0 Å². The van der Waals surface area contributed by atoms with Gasteiger partial charge in [0.1, 0.15) is 11.6 Å². The molecule has 1 aliphatic rings. The van der Waals surface area contributed by atoms with E-state index in [4.69, 9.17) is 5.73 Å². The van der Waals surface area contributed by atoms with E-state index in [1.165, 1.54) is 31.4 Å². The van der Waals surface area contributed by atoms with Gasteiger partial charge in [0.25, 0.3) is 0 Å². The van der Waals surface area contributed by atoms with Crippen molar-refractivity contribution >= 4 is 0 Å². The molecular weight excluding hydrogens is 208 g/mol. The summed E-state index contributed by atoms with van der Waals surface area (Å²) >= 11 is 0. The summed E-state index contributed by atoms with van der Waals surface area (Å²) in [4.78, 5) is 0. The van der Waals surface area contributed by atoms with Gasteiger partial charge in [0.05, 0.1) is 0 Å². The highest BCUT2D eigenvalue weighted by Gasteiger charge is 2.22. The maximum atomic E-state index is 13.1. The van der Waals surface area contributed by atoms with Crippen LogP contribution in [0.1, 0.15) is 43.7 Å². The fourth-order valence-electron chi connectivity index (χ4n) is 2.53. The average molecular weight is 225 g/mol. The summed E-state index contributed by atoms with van der Waals surface area (Å²) in [7, 11) is 0. The van der Waals surface area contributed by atoms with Crippen molar-refractivity contribution < 1.29 is 8.78 Å². The Hall–Kier alpha value is -0.960. The molecule has 0 radical (unpaired) electrons. The largest absolute Gasteiger partial charge is 0.324 e. The van der Waals surface area contributed by atoms with E-state index >= 15 is 0 Å². The van der Waals surface area contributed by atoms with Crippen LogP contribution in [0, 0.1) is 17.6 Å². The molecular formula is C13H17F2N. The molecule has 0 spiro atoms. The standard InChI is InChI=1S/C13H17F2N/c14-11-6-10(7-12(15)8-11)13(16)9-4-2-1-3-5-9/h6-9,13H,1-5,16H2/t13-/m0/s1. The lowest BCUT2D eigenvalue weighted by atomic mass is 9.81. The topological polar surface area (TPSA) is 26.0 Å². The third kappa shape index (κ3) is 2.59. The first-order valence-electron chi connectivity index (χ1n) is 5.88. The molecule has 0 heterocycles. The van der Waals surface area contributed by atoms with Crippen LogP contribution in [0.4, 0.5) is 8.78 Å². The molecule has 1 aromatic rings. The highest BCUT2D eigenvalue weighted by Crippen LogP contribution is 2.33. The zero-order chi connectivity index (χ0) is 11.5. The van der Waals surface area contributed by atoms with Gasteiger partial charge in [-0.2, -0.15) is 0 Å². The van der Waals surface area contributed by atoms with Crippen molar-refractivity contribution in [2.24, 2.45) is 11.7 Å². The van der Waals surface area contributed by atoms with E-state index in [2.05, 4.69) is 0 Å².